The van der Waals surface area contributed by atoms with Gasteiger partial charge in [0.25, 0.3) is 3.57 Å². The van der Waals surface area contributed by atoms with Gasteiger partial charge in [0.05, 0.1) is 28.4 Å². The number of methoxy groups -OCH3 is 4. The molecule has 0 atom stereocenters. The van der Waals surface area contributed by atoms with Gasteiger partial charge in [0.15, 0.2) is 17.2 Å². The standard InChI is InChI=1S/C16H18IO4/c1-18-11-9-14(20-3)16(15(10-11)21-4)17-12-7-5-6-8-13(12)19-2/h5-10H,1-4H3/q+1. The SMILES string of the molecule is COc1cc(OC)c([I+]c2ccccc2OC)c(OC)c1. The Morgan fingerprint density at radius 3 is 1.81 bits per heavy atom. The lowest BCUT2D eigenvalue weighted by atomic mass is 10.3. The zero-order valence-electron chi connectivity index (χ0n) is 12.5. The molecule has 21 heavy (non-hydrogen) atoms. The van der Waals surface area contributed by atoms with Crippen LogP contribution in [0.2, 0.25) is 0 Å². The highest BCUT2D eigenvalue weighted by Gasteiger charge is 2.30. The molecule has 0 aliphatic carbocycles. The monoisotopic (exact) mass is 401 g/mol. The van der Waals surface area contributed by atoms with Crippen molar-refractivity contribution in [1.82, 2.24) is 0 Å². The molecule has 2 aromatic carbocycles. The predicted molar refractivity (Wildman–Crippen MR) is 76.5 cm³/mol. The second kappa shape index (κ2) is 7.40. The molecule has 0 saturated heterocycles. The fraction of sp³-hybridized carbons (Fsp3) is 0.250. The molecular weight excluding hydrogens is 383 g/mol. The van der Waals surface area contributed by atoms with Gasteiger partial charge in [0.1, 0.15) is 5.75 Å². The third-order valence-corrected chi connectivity index (χ3v) is 5.98. The Kier molecular flexibility index (Phi) is 5.55. The molecule has 0 saturated carbocycles. The summed E-state index contributed by atoms with van der Waals surface area (Å²) in [5.74, 6) is 3.18. The van der Waals surface area contributed by atoms with Crippen LogP contribution >= 0.6 is 0 Å². The number of benzene rings is 2. The van der Waals surface area contributed by atoms with Crippen molar-refractivity contribution >= 4 is 0 Å². The molecule has 0 radical (unpaired) electrons. The third kappa shape index (κ3) is 3.53. The summed E-state index contributed by atoms with van der Waals surface area (Å²) in [5, 5.41) is 0. The van der Waals surface area contributed by atoms with E-state index in [9.17, 15) is 0 Å². The van der Waals surface area contributed by atoms with Gasteiger partial charge < -0.3 is 18.9 Å². The molecule has 112 valence electrons. The number of para-hydroxylation sites is 1. The van der Waals surface area contributed by atoms with E-state index >= 15 is 0 Å². The summed E-state index contributed by atoms with van der Waals surface area (Å²) in [6.45, 7) is 0. The van der Waals surface area contributed by atoms with Gasteiger partial charge in [-0.2, -0.15) is 0 Å². The van der Waals surface area contributed by atoms with Crippen LogP contribution in [-0.4, -0.2) is 28.4 Å². The first kappa shape index (κ1) is 15.8. The molecule has 0 N–H and O–H groups in total. The van der Waals surface area contributed by atoms with Crippen LogP contribution < -0.4 is 40.2 Å². The van der Waals surface area contributed by atoms with E-state index in [1.807, 2.05) is 30.3 Å². The van der Waals surface area contributed by atoms with E-state index in [0.717, 1.165) is 26.6 Å². The van der Waals surface area contributed by atoms with Crippen LogP contribution in [0.4, 0.5) is 0 Å². The number of hydrogen-bond acceptors (Lipinski definition) is 4. The molecule has 0 heterocycles. The highest BCUT2D eigenvalue weighted by molar-refractivity contribution is 5.41. The van der Waals surface area contributed by atoms with E-state index in [4.69, 9.17) is 18.9 Å². The molecule has 0 amide bonds. The molecule has 0 spiro atoms. The normalized spacial score (nSPS) is 10.1. The summed E-state index contributed by atoms with van der Waals surface area (Å²) in [6, 6.07) is 11.8. The van der Waals surface area contributed by atoms with Gasteiger partial charge >= 0.3 is 21.2 Å². The summed E-state index contributed by atoms with van der Waals surface area (Å²) < 4.78 is 24.0. The largest absolute Gasteiger partial charge is 0.496 e. The molecule has 4 nitrogen and oxygen atoms in total. The lowest BCUT2D eigenvalue weighted by Crippen LogP contribution is -3.61. The van der Waals surface area contributed by atoms with Gasteiger partial charge in [0, 0.05) is 12.1 Å². The average molecular weight is 401 g/mol. The molecule has 0 aliphatic rings. The van der Waals surface area contributed by atoms with Crippen molar-refractivity contribution in [2.24, 2.45) is 0 Å². The van der Waals surface area contributed by atoms with E-state index in [2.05, 4.69) is 6.07 Å². The topological polar surface area (TPSA) is 36.9 Å². The zero-order chi connectivity index (χ0) is 15.2. The molecule has 0 aliphatic heterocycles. The Morgan fingerprint density at radius 2 is 1.29 bits per heavy atom. The van der Waals surface area contributed by atoms with Crippen molar-refractivity contribution in [3.8, 4) is 23.0 Å². The van der Waals surface area contributed by atoms with Crippen molar-refractivity contribution in [2.75, 3.05) is 28.4 Å². The Balaban J connectivity index is 2.47. The van der Waals surface area contributed by atoms with Gasteiger partial charge in [-0.05, 0) is 12.1 Å². The summed E-state index contributed by atoms with van der Waals surface area (Å²) >= 11 is -0.504. The van der Waals surface area contributed by atoms with Crippen LogP contribution in [0.3, 0.4) is 0 Å². The Labute approximate surface area is 135 Å². The molecule has 0 unspecified atom stereocenters. The number of rotatable bonds is 6. The Hall–Kier alpha value is -1.63. The van der Waals surface area contributed by atoms with Gasteiger partial charge in [-0.3, -0.25) is 0 Å². The second-order valence-corrected chi connectivity index (χ2v) is 6.86. The fourth-order valence-electron chi connectivity index (χ4n) is 1.85. The summed E-state index contributed by atoms with van der Waals surface area (Å²) in [7, 11) is 6.63. The minimum atomic E-state index is -0.504. The molecule has 2 aromatic rings. The van der Waals surface area contributed by atoms with E-state index in [1.54, 1.807) is 28.4 Å². The average Bonchev–Trinajstić information content (AvgIpc) is 2.55. The van der Waals surface area contributed by atoms with Crippen molar-refractivity contribution < 1.29 is 40.2 Å². The zero-order valence-corrected chi connectivity index (χ0v) is 14.6. The van der Waals surface area contributed by atoms with Crippen LogP contribution in [-0.2, 0) is 0 Å². The molecule has 2 rings (SSSR count). The molecule has 5 heteroatoms. The van der Waals surface area contributed by atoms with E-state index in [0.29, 0.717) is 0 Å². The maximum absolute atomic E-state index is 5.50. The van der Waals surface area contributed by atoms with Crippen LogP contribution in [0, 0.1) is 7.14 Å². The predicted octanol–water partition coefficient (Wildman–Crippen LogP) is -0.151. The van der Waals surface area contributed by atoms with Crippen molar-refractivity contribution in [3.63, 3.8) is 0 Å². The first-order valence-corrected chi connectivity index (χ1v) is 8.47. The van der Waals surface area contributed by atoms with Crippen LogP contribution in [0.15, 0.2) is 36.4 Å². The first-order valence-electron chi connectivity index (χ1n) is 6.31. The molecular formula is C16H18IO4+. The van der Waals surface area contributed by atoms with Crippen molar-refractivity contribution in [2.45, 2.75) is 0 Å². The van der Waals surface area contributed by atoms with Gasteiger partial charge in [-0.15, -0.1) is 0 Å². The number of hydrogen-bond donors (Lipinski definition) is 0. The maximum Gasteiger partial charge on any atom is 0.370 e. The molecule has 0 bridgehead atoms. The molecule has 0 aromatic heterocycles. The van der Waals surface area contributed by atoms with Gasteiger partial charge in [-0.25, -0.2) is 0 Å². The summed E-state index contributed by atoms with van der Waals surface area (Å²) in [5.41, 5.74) is 0. The van der Waals surface area contributed by atoms with E-state index in [1.165, 1.54) is 3.57 Å². The van der Waals surface area contributed by atoms with Crippen molar-refractivity contribution in [3.05, 3.63) is 43.5 Å². The fourth-order valence-corrected chi connectivity index (χ4v) is 4.76. The highest BCUT2D eigenvalue weighted by atomic mass is 127. The third-order valence-electron chi connectivity index (χ3n) is 2.91. The summed E-state index contributed by atoms with van der Waals surface area (Å²) in [6.07, 6.45) is 0. The van der Waals surface area contributed by atoms with E-state index < -0.39 is 21.2 Å². The van der Waals surface area contributed by atoms with Crippen LogP contribution in [0.5, 0.6) is 23.0 Å². The first-order chi connectivity index (χ1) is 10.2. The lowest BCUT2D eigenvalue weighted by Gasteiger charge is -2.08. The second-order valence-electron chi connectivity index (χ2n) is 4.07. The number of ether oxygens (including phenoxy) is 4. The maximum atomic E-state index is 5.50. The van der Waals surface area contributed by atoms with Crippen molar-refractivity contribution in [1.29, 1.82) is 0 Å². The summed E-state index contributed by atoms with van der Waals surface area (Å²) in [4.78, 5) is 0. The molecule has 0 fully saturated rings. The number of halogens is 1. The highest BCUT2D eigenvalue weighted by Crippen LogP contribution is 2.27. The quantitative estimate of drug-likeness (QED) is 0.632. The smallest absolute Gasteiger partial charge is 0.370 e. The van der Waals surface area contributed by atoms with Crippen LogP contribution in [0.25, 0.3) is 0 Å². The minimum Gasteiger partial charge on any atom is -0.496 e. The Bertz CT molecular complexity index is 588. The van der Waals surface area contributed by atoms with Gasteiger partial charge in [0.2, 0.25) is 3.57 Å². The minimum absolute atomic E-state index is 0.504. The lowest BCUT2D eigenvalue weighted by molar-refractivity contribution is -0.599. The van der Waals surface area contributed by atoms with Gasteiger partial charge in [-0.1, -0.05) is 12.1 Å². The Morgan fingerprint density at radius 1 is 0.714 bits per heavy atom. The van der Waals surface area contributed by atoms with E-state index in [-0.39, 0.29) is 0 Å². The van der Waals surface area contributed by atoms with Crippen LogP contribution in [0.1, 0.15) is 0 Å².